The minimum Gasteiger partial charge on any atom is -0.237 e. The zero-order valence-electron chi connectivity index (χ0n) is 31.4. The van der Waals surface area contributed by atoms with Crippen molar-refractivity contribution >= 4 is 42.7 Å². The van der Waals surface area contributed by atoms with Gasteiger partial charge >= 0.3 is 0 Å². The van der Waals surface area contributed by atoms with Crippen LogP contribution in [-0.2, 0) is 0 Å². The summed E-state index contributed by atoms with van der Waals surface area (Å²) in [7, 11) is 0. The fourth-order valence-electron chi connectivity index (χ4n) is 7.55. The summed E-state index contributed by atoms with van der Waals surface area (Å²) in [5, 5.41) is 15.2. The van der Waals surface area contributed by atoms with E-state index in [1.807, 2.05) is 54.6 Å². The van der Waals surface area contributed by atoms with E-state index in [1.165, 1.54) is 5.56 Å². The van der Waals surface area contributed by atoms with Crippen molar-refractivity contribution in [1.29, 1.82) is 0 Å². The first-order valence-corrected chi connectivity index (χ1v) is 20.1. The van der Waals surface area contributed by atoms with E-state index >= 15 is 0 Å². The van der Waals surface area contributed by atoms with Crippen molar-refractivity contribution in [1.82, 2.24) is 35.3 Å². The van der Waals surface area contributed by atoms with E-state index in [0.717, 1.165) is 87.1 Å². The summed E-state index contributed by atoms with van der Waals surface area (Å²) < 4.78 is 0.981. The standard InChI is InChI=1S/C51H31N7S/c1-3-11-32(12-4-1)33-23-27-37(28-24-33)49-53-48(36-13-5-2-6-14-36)54-50(55-49)42-19-10-18-40(30-42)39-17-9-16-38(29-39)34-21-25-35(26-22-34)45-47-46(57-58-56-45)43-31-41-15-7-8-20-44(41)52-51(43)59-47/h1-31H. The number of hydrogen-bond donors (Lipinski definition) is 0. The van der Waals surface area contributed by atoms with Crippen molar-refractivity contribution in [2.45, 2.75) is 0 Å². The lowest BCUT2D eigenvalue weighted by molar-refractivity contribution is 0.904. The Bertz CT molecular complexity index is 3310. The predicted octanol–water partition coefficient (Wildman–Crippen LogP) is 12.6. The molecule has 0 radical (unpaired) electrons. The van der Waals surface area contributed by atoms with E-state index in [2.05, 4.69) is 149 Å². The van der Waals surface area contributed by atoms with Crippen molar-refractivity contribution in [3.05, 3.63) is 188 Å². The number of benzene rings is 7. The Balaban J connectivity index is 0.914. The van der Waals surface area contributed by atoms with Crippen molar-refractivity contribution in [3.8, 4) is 78.8 Å². The molecule has 0 amide bonds. The largest absolute Gasteiger partial charge is 0.237 e. The van der Waals surface area contributed by atoms with Crippen LogP contribution in [0, 0.1) is 0 Å². The molecular formula is C51H31N7S. The molecule has 0 unspecified atom stereocenters. The zero-order valence-corrected chi connectivity index (χ0v) is 32.3. The van der Waals surface area contributed by atoms with Gasteiger partial charge in [0.2, 0.25) is 0 Å². The number of hydrogen-bond acceptors (Lipinski definition) is 8. The second-order valence-electron chi connectivity index (χ2n) is 14.3. The van der Waals surface area contributed by atoms with Crippen LogP contribution in [0.15, 0.2) is 188 Å². The second kappa shape index (κ2) is 14.6. The number of pyridine rings is 1. The average molecular weight is 774 g/mol. The van der Waals surface area contributed by atoms with Gasteiger partial charge < -0.3 is 0 Å². The Morgan fingerprint density at radius 1 is 0.339 bits per heavy atom. The minimum absolute atomic E-state index is 0.616. The fourth-order valence-corrected chi connectivity index (χ4v) is 8.65. The van der Waals surface area contributed by atoms with E-state index in [0.29, 0.717) is 17.5 Å². The predicted molar refractivity (Wildman–Crippen MR) is 239 cm³/mol. The van der Waals surface area contributed by atoms with Crippen molar-refractivity contribution in [2.24, 2.45) is 0 Å². The molecule has 0 spiro atoms. The molecule has 0 atom stereocenters. The molecule has 11 rings (SSSR count). The highest BCUT2D eigenvalue weighted by Crippen LogP contribution is 2.38. The summed E-state index contributed by atoms with van der Waals surface area (Å²) in [4.78, 5) is 20.8. The van der Waals surface area contributed by atoms with Crippen LogP contribution < -0.4 is 0 Å². The van der Waals surface area contributed by atoms with E-state index in [1.54, 1.807) is 11.3 Å². The molecule has 0 aliphatic carbocycles. The van der Waals surface area contributed by atoms with E-state index in [9.17, 15) is 0 Å². The Hall–Kier alpha value is -7.81. The third-order valence-electron chi connectivity index (χ3n) is 10.6. The van der Waals surface area contributed by atoms with E-state index < -0.39 is 0 Å². The number of fused-ring (bicyclic) bond motifs is 4. The molecule has 0 fully saturated rings. The van der Waals surface area contributed by atoms with Crippen LogP contribution in [-0.4, -0.2) is 35.3 Å². The third-order valence-corrected chi connectivity index (χ3v) is 11.7. The first-order valence-electron chi connectivity index (χ1n) is 19.3. The lowest BCUT2D eigenvalue weighted by Gasteiger charge is -2.11. The first-order chi connectivity index (χ1) is 29.2. The van der Waals surface area contributed by atoms with Gasteiger partial charge in [-0.1, -0.05) is 164 Å². The molecule has 0 saturated heterocycles. The van der Waals surface area contributed by atoms with Gasteiger partial charge in [-0.05, 0) is 62.9 Å². The molecule has 7 nitrogen and oxygen atoms in total. The van der Waals surface area contributed by atoms with Gasteiger partial charge in [0.25, 0.3) is 0 Å². The Morgan fingerprint density at radius 2 is 0.814 bits per heavy atom. The summed E-state index contributed by atoms with van der Waals surface area (Å²) in [6, 6.07) is 64.7. The zero-order chi connectivity index (χ0) is 39.1. The highest BCUT2D eigenvalue weighted by Gasteiger charge is 2.17. The molecule has 0 bridgehead atoms. The molecule has 0 N–H and O–H groups in total. The third kappa shape index (κ3) is 6.57. The quantitative estimate of drug-likeness (QED) is 0.159. The van der Waals surface area contributed by atoms with Crippen LogP contribution in [0.4, 0.5) is 0 Å². The normalized spacial score (nSPS) is 11.4. The van der Waals surface area contributed by atoms with Crippen molar-refractivity contribution in [3.63, 3.8) is 0 Å². The molecule has 4 heterocycles. The lowest BCUT2D eigenvalue weighted by Crippen LogP contribution is -2.00. The number of nitrogens with zero attached hydrogens (tertiary/aromatic N) is 7. The summed E-state index contributed by atoms with van der Waals surface area (Å²) in [6.07, 6.45) is 0. The SMILES string of the molecule is c1ccc(-c2ccc(-c3nc(-c4ccccc4)nc(-c4cccc(-c5cccc(-c6ccc(-c7nnnc8c7sc7nc9ccccc9cc78)cc6)c5)c4)n3)cc2)cc1. The molecule has 7 aromatic carbocycles. The Morgan fingerprint density at radius 3 is 1.51 bits per heavy atom. The molecule has 0 aliphatic heterocycles. The summed E-state index contributed by atoms with van der Waals surface area (Å²) in [6.45, 7) is 0. The van der Waals surface area contributed by atoms with Crippen LogP contribution in [0.25, 0.3) is 110 Å². The Labute approximate surface area is 343 Å². The maximum atomic E-state index is 5.04. The summed E-state index contributed by atoms with van der Waals surface area (Å²) in [5.74, 6) is 1.87. The molecule has 11 aromatic rings. The van der Waals surface area contributed by atoms with Crippen molar-refractivity contribution in [2.75, 3.05) is 0 Å². The maximum Gasteiger partial charge on any atom is 0.164 e. The van der Waals surface area contributed by atoms with E-state index in [-0.39, 0.29) is 0 Å². The van der Waals surface area contributed by atoms with Crippen LogP contribution in [0.1, 0.15) is 0 Å². The van der Waals surface area contributed by atoms with Gasteiger partial charge in [-0.15, -0.1) is 21.5 Å². The molecule has 4 aromatic heterocycles. The van der Waals surface area contributed by atoms with Gasteiger partial charge in [-0.25, -0.2) is 19.9 Å². The lowest BCUT2D eigenvalue weighted by atomic mass is 9.97. The Kier molecular flexibility index (Phi) is 8.52. The maximum absolute atomic E-state index is 5.04. The minimum atomic E-state index is 0.616. The smallest absolute Gasteiger partial charge is 0.164 e. The van der Waals surface area contributed by atoms with E-state index in [4.69, 9.17) is 19.9 Å². The van der Waals surface area contributed by atoms with Gasteiger partial charge in [0.15, 0.2) is 17.5 Å². The van der Waals surface area contributed by atoms with Crippen molar-refractivity contribution < 1.29 is 0 Å². The number of thiophene rings is 1. The molecule has 0 aliphatic rings. The molecule has 0 saturated carbocycles. The first kappa shape index (κ1) is 34.4. The highest BCUT2D eigenvalue weighted by atomic mass is 32.1. The summed E-state index contributed by atoms with van der Waals surface area (Å²) in [5.41, 5.74) is 13.0. The molecule has 59 heavy (non-hydrogen) atoms. The van der Waals surface area contributed by atoms with Gasteiger partial charge in [0.05, 0.1) is 10.2 Å². The number of aromatic nitrogens is 7. The topological polar surface area (TPSA) is 90.2 Å². The highest BCUT2D eigenvalue weighted by molar-refractivity contribution is 7.25. The van der Waals surface area contributed by atoms with Gasteiger partial charge in [0.1, 0.15) is 16.0 Å². The number of para-hydroxylation sites is 1. The van der Waals surface area contributed by atoms with Crippen LogP contribution in [0.5, 0.6) is 0 Å². The van der Waals surface area contributed by atoms with Gasteiger partial charge in [-0.2, -0.15) is 0 Å². The fraction of sp³-hybridized carbons (Fsp3) is 0. The monoisotopic (exact) mass is 773 g/mol. The molecule has 276 valence electrons. The van der Waals surface area contributed by atoms with Gasteiger partial charge in [0, 0.05) is 33.0 Å². The van der Waals surface area contributed by atoms with Crippen LogP contribution in [0.2, 0.25) is 0 Å². The van der Waals surface area contributed by atoms with Crippen LogP contribution >= 0.6 is 11.3 Å². The number of rotatable bonds is 7. The second-order valence-corrected chi connectivity index (χ2v) is 15.3. The summed E-state index contributed by atoms with van der Waals surface area (Å²) >= 11 is 1.61. The van der Waals surface area contributed by atoms with Gasteiger partial charge in [-0.3, -0.25) is 0 Å². The average Bonchev–Trinajstić information content (AvgIpc) is 3.69. The van der Waals surface area contributed by atoms with Crippen LogP contribution in [0.3, 0.4) is 0 Å². The molecule has 8 heteroatoms. The molecular weight excluding hydrogens is 743 g/mol.